The van der Waals surface area contributed by atoms with Crippen LogP contribution in [0.2, 0.25) is 0 Å². The van der Waals surface area contributed by atoms with Crippen molar-refractivity contribution in [2.45, 2.75) is 19.4 Å². The second-order valence-electron chi connectivity index (χ2n) is 2.49. The van der Waals surface area contributed by atoms with E-state index < -0.39 is 10.8 Å². The van der Waals surface area contributed by atoms with Gasteiger partial charge < -0.3 is 5.32 Å². The molecule has 1 rings (SSSR count). The highest BCUT2D eigenvalue weighted by molar-refractivity contribution is 7.85. The number of rotatable bonds is 0. The lowest BCUT2D eigenvalue weighted by molar-refractivity contribution is 0.567. The lowest BCUT2D eigenvalue weighted by Crippen LogP contribution is -2.26. The minimum Gasteiger partial charge on any atom is -0.313 e. The van der Waals surface area contributed by atoms with Crippen molar-refractivity contribution in [2.24, 2.45) is 0 Å². The van der Waals surface area contributed by atoms with E-state index in [4.69, 9.17) is 0 Å². The molecule has 9 heavy (non-hydrogen) atoms. The van der Waals surface area contributed by atoms with E-state index in [1.54, 1.807) is 0 Å². The van der Waals surface area contributed by atoms with Gasteiger partial charge in [0.25, 0.3) is 0 Å². The molecule has 1 heterocycles. The van der Waals surface area contributed by atoms with E-state index in [1.807, 2.05) is 0 Å². The lowest BCUT2D eigenvalue weighted by atomic mass is 10.3. The average Bonchev–Trinajstić information content (AvgIpc) is 1.97. The molecule has 54 valence electrons. The van der Waals surface area contributed by atoms with Crippen molar-refractivity contribution < 1.29 is 4.21 Å². The maximum atomic E-state index is 10.9. The minimum atomic E-state index is -0.541. The molecule has 3 heteroatoms. The molecule has 1 fully saturated rings. The van der Waals surface area contributed by atoms with Gasteiger partial charge in [-0.2, -0.15) is 0 Å². The van der Waals surface area contributed by atoms with Crippen LogP contribution in [-0.4, -0.2) is 28.3 Å². The van der Waals surface area contributed by atoms with Crippen molar-refractivity contribution in [1.82, 2.24) is 5.32 Å². The summed E-state index contributed by atoms with van der Waals surface area (Å²) in [6, 6.07) is 0.566. The fraction of sp³-hybridized carbons (Fsp3) is 1.00. The zero-order valence-corrected chi connectivity index (χ0v) is 6.54. The molecule has 1 aliphatic rings. The minimum absolute atomic E-state index is 0.541. The quantitative estimate of drug-likeness (QED) is 0.527. The second-order valence-corrected chi connectivity index (χ2v) is 4.19. The Morgan fingerprint density at radius 3 is 3.11 bits per heavy atom. The summed E-state index contributed by atoms with van der Waals surface area (Å²) in [6.07, 6.45) is 1.06. The van der Waals surface area contributed by atoms with E-state index in [-0.39, 0.29) is 0 Å². The molecule has 0 radical (unpaired) electrons. The average molecular weight is 147 g/mol. The third-order valence-electron chi connectivity index (χ3n) is 1.60. The van der Waals surface area contributed by atoms with Crippen molar-refractivity contribution in [3.05, 3.63) is 0 Å². The van der Waals surface area contributed by atoms with Crippen LogP contribution in [0.15, 0.2) is 0 Å². The van der Waals surface area contributed by atoms with Gasteiger partial charge in [-0.15, -0.1) is 0 Å². The van der Waals surface area contributed by atoms with Crippen LogP contribution in [0.4, 0.5) is 0 Å². The predicted octanol–water partition coefficient (Wildman–Crippen LogP) is 0.117. The van der Waals surface area contributed by atoms with Crippen LogP contribution in [0.3, 0.4) is 0 Å². The summed E-state index contributed by atoms with van der Waals surface area (Å²) in [4.78, 5) is 0. The smallest absolute Gasteiger partial charge is 0.0360 e. The Morgan fingerprint density at radius 1 is 1.56 bits per heavy atom. The highest BCUT2D eigenvalue weighted by Crippen LogP contribution is 1.97. The zero-order chi connectivity index (χ0) is 6.69. The Kier molecular flexibility index (Phi) is 2.66. The first kappa shape index (κ1) is 7.22. The third kappa shape index (κ3) is 2.45. The van der Waals surface area contributed by atoms with E-state index in [0.717, 1.165) is 24.5 Å². The summed E-state index contributed by atoms with van der Waals surface area (Å²) in [5.74, 6) is 1.72. The summed E-state index contributed by atoms with van der Waals surface area (Å²) >= 11 is 0. The zero-order valence-electron chi connectivity index (χ0n) is 5.72. The van der Waals surface area contributed by atoms with Crippen LogP contribution in [-0.2, 0) is 10.8 Å². The molecule has 0 spiro atoms. The first-order valence-corrected chi connectivity index (χ1v) is 4.86. The third-order valence-corrected chi connectivity index (χ3v) is 2.95. The number of nitrogens with one attached hydrogen (secondary N) is 1. The maximum Gasteiger partial charge on any atom is 0.0360 e. The number of hydrogen-bond acceptors (Lipinski definition) is 2. The molecule has 0 aromatic heterocycles. The highest BCUT2D eigenvalue weighted by Gasteiger charge is 2.09. The second kappa shape index (κ2) is 3.32. The highest BCUT2D eigenvalue weighted by atomic mass is 32.2. The van der Waals surface area contributed by atoms with Gasteiger partial charge in [0.1, 0.15) is 0 Å². The van der Waals surface area contributed by atoms with Crippen molar-refractivity contribution in [1.29, 1.82) is 0 Å². The molecule has 0 bridgehead atoms. The van der Waals surface area contributed by atoms with Crippen molar-refractivity contribution in [2.75, 3.05) is 18.1 Å². The van der Waals surface area contributed by atoms with Gasteiger partial charge in [-0.25, -0.2) is 0 Å². The molecular formula is C6H13NOS. The normalized spacial score (nSPS) is 37.9. The van der Waals surface area contributed by atoms with Gasteiger partial charge in [0.15, 0.2) is 0 Å². The fourth-order valence-electron chi connectivity index (χ4n) is 0.932. The molecule has 2 atom stereocenters. The largest absolute Gasteiger partial charge is 0.313 e. The Labute approximate surface area is 58.5 Å². The number of hydrogen-bond donors (Lipinski definition) is 1. The monoisotopic (exact) mass is 147 g/mol. The molecule has 0 unspecified atom stereocenters. The molecule has 1 saturated heterocycles. The van der Waals surface area contributed by atoms with Gasteiger partial charge in [-0.3, -0.25) is 4.21 Å². The van der Waals surface area contributed by atoms with E-state index >= 15 is 0 Å². The molecule has 0 aromatic carbocycles. The topological polar surface area (TPSA) is 29.1 Å². The standard InChI is InChI=1S/C6H13NOS/c1-6-2-4-9(8)5-3-7-6/h6-7H,2-5H2,1H3/t6-,9+/m0/s1. The molecule has 1 aliphatic heterocycles. The summed E-state index contributed by atoms with van der Waals surface area (Å²) in [5.41, 5.74) is 0. The van der Waals surface area contributed by atoms with Crippen LogP contribution in [0, 0.1) is 0 Å². The van der Waals surface area contributed by atoms with Gasteiger partial charge in [0, 0.05) is 34.9 Å². The first-order chi connectivity index (χ1) is 4.29. The SMILES string of the molecule is C[C@H]1CC[S@@](=O)CCN1. The van der Waals surface area contributed by atoms with Gasteiger partial charge in [0.2, 0.25) is 0 Å². The van der Waals surface area contributed by atoms with Crippen molar-refractivity contribution in [3.8, 4) is 0 Å². The molecule has 0 amide bonds. The maximum absolute atomic E-state index is 10.9. The van der Waals surface area contributed by atoms with Crippen LogP contribution in [0.5, 0.6) is 0 Å². The van der Waals surface area contributed by atoms with E-state index in [2.05, 4.69) is 12.2 Å². The molecule has 2 nitrogen and oxygen atoms in total. The van der Waals surface area contributed by atoms with E-state index in [1.165, 1.54) is 0 Å². The summed E-state index contributed by atoms with van der Waals surface area (Å²) in [6.45, 7) is 3.07. The molecule has 1 N–H and O–H groups in total. The predicted molar refractivity (Wildman–Crippen MR) is 40.0 cm³/mol. The van der Waals surface area contributed by atoms with E-state index in [0.29, 0.717) is 6.04 Å². The molecular weight excluding hydrogens is 134 g/mol. The van der Waals surface area contributed by atoms with Gasteiger partial charge in [0.05, 0.1) is 0 Å². The van der Waals surface area contributed by atoms with Gasteiger partial charge in [-0.1, -0.05) is 0 Å². The van der Waals surface area contributed by atoms with Gasteiger partial charge in [-0.05, 0) is 13.3 Å². The first-order valence-electron chi connectivity index (χ1n) is 3.37. The Bertz CT molecular complexity index is 116. The summed E-state index contributed by atoms with van der Waals surface area (Å²) in [7, 11) is -0.541. The fourth-order valence-corrected chi connectivity index (χ4v) is 2.10. The Hall–Kier alpha value is 0.110. The lowest BCUT2D eigenvalue weighted by Gasteiger charge is -2.05. The van der Waals surface area contributed by atoms with E-state index in [9.17, 15) is 4.21 Å². The summed E-state index contributed by atoms with van der Waals surface area (Å²) < 4.78 is 10.9. The van der Waals surface area contributed by atoms with Crippen LogP contribution in [0.25, 0.3) is 0 Å². The Morgan fingerprint density at radius 2 is 2.33 bits per heavy atom. The molecule has 0 aliphatic carbocycles. The summed E-state index contributed by atoms with van der Waals surface area (Å²) in [5, 5.41) is 3.28. The van der Waals surface area contributed by atoms with Gasteiger partial charge >= 0.3 is 0 Å². The molecule has 0 aromatic rings. The van der Waals surface area contributed by atoms with Crippen molar-refractivity contribution >= 4 is 10.8 Å². The van der Waals surface area contributed by atoms with Crippen LogP contribution >= 0.6 is 0 Å². The molecule has 0 saturated carbocycles. The van der Waals surface area contributed by atoms with Crippen molar-refractivity contribution in [3.63, 3.8) is 0 Å². The Balaban J connectivity index is 2.34. The van der Waals surface area contributed by atoms with Crippen LogP contribution in [0.1, 0.15) is 13.3 Å². The van der Waals surface area contributed by atoms with Crippen LogP contribution < -0.4 is 5.32 Å².